The highest BCUT2D eigenvalue weighted by molar-refractivity contribution is 6.68. The van der Waals surface area contributed by atoms with Crippen LogP contribution < -0.4 is 5.73 Å². The van der Waals surface area contributed by atoms with Crippen molar-refractivity contribution < 1.29 is 13.9 Å². The van der Waals surface area contributed by atoms with E-state index in [0.29, 0.717) is 36.5 Å². The quantitative estimate of drug-likeness (QED) is 0.831. The summed E-state index contributed by atoms with van der Waals surface area (Å²) < 4.78 is 20.8. The Hall–Kier alpha value is -2.37. The van der Waals surface area contributed by atoms with Gasteiger partial charge in [-0.1, -0.05) is 11.6 Å². The first kappa shape index (κ1) is 16.1. The minimum Gasteiger partial charge on any atom is -0.380 e. The molecule has 1 aromatic heterocycles. The maximum atomic E-state index is 13.5. The number of amides is 1. The van der Waals surface area contributed by atoms with Gasteiger partial charge in [0.2, 0.25) is 0 Å². The molecule has 2 unspecified atom stereocenters. The molecule has 9 heteroatoms. The molecule has 2 aliphatic heterocycles. The Kier molecular flexibility index (Phi) is 3.78. The number of carbonyl (C=O) groups is 1. The highest BCUT2D eigenvalue weighted by atomic mass is 35.5. The molecule has 0 saturated carbocycles. The van der Waals surface area contributed by atoms with Gasteiger partial charge in [-0.05, 0) is 24.5 Å². The van der Waals surface area contributed by atoms with E-state index in [4.69, 9.17) is 22.1 Å². The van der Waals surface area contributed by atoms with Gasteiger partial charge in [0.1, 0.15) is 11.5 Å². The van der Waals surface area contributed by atoms with E-state index in [1.54, 1.807) is 4.68 Å². The highest BCUT2D eigenvalue weighted by Crippen LogP contribution is 2.42. The fraction of sp³-hybridized carbons (Fsp3) is 0.312. The lowest BCUT2D eigenvalue weighted by atomic mass is 9.37. The number of primary amides is 1. The number of rotatable bonds is 2. The predicted molar refractivity (Wildman–Crippen MR) is 89.8 cm³/mol. The molecule has 1 saturated heterocycles. The molecule has 0 bridgehead atoms. The van der Waals surface area contributed by atoms with Gasteiger partial charge in [0, 0.05) is 29.7 Å². The van der Waals surface area contributed by atoms with E-state index in [9.17, 15) is 14.4 Å². The van der Waals surface area contributed by atoms with Crippen molar-refractivity contribution in [2.24, 2.45) is 5.73 Å². The summed E-state index contributed by atoms with van der Waals surface area (Å²) in [4.78, 5) is 12.1. The lowest BCUT2D eigenvalue weighted by Crippen LogP contribution is -2.37. The number of hydrogen-bond acceptors (Lipinski definition) is 4. The van der Waals surface area contributed by atoms with Gasteiger partial charge in [-0.15, -0.1) is 0 Å². The Balaban J connectivity index is 1.92. The molecule has 2 aromatic rings. The van der Waals surface area contributed by atoms with Crippen molar-refractivity contribution in [2.45, 2.75) is 18.2 Å². The van der Waals surface area contributed by atoms with Crippen molar-refractivity contribution in [3.8, 4) is 17.2 Å². The number of nitrogens with zero attached hydrogens (tertiary/aromatic N) is 3. The molecule has 4 rings (SSSR count). The second kappa shape index (κ2) is 5.86. The van der Waals surface area contributed by atoms with Crippen LogP contribution in [-0.2, 0) is 11.1 Å². The molecule has 0 radical (unpaired) electrons. The van der Waals surface area contributed by atoms with Crippen LogP contribution in [0, 0.1) is 17.0 Å². The molecule has 126 valence electrons. The molecule has 2 N–H and O–H groups in total. The van der Waals surface area contributed by atoms with E-state index >= 15 is 0 Å². The minimum atomic E-state index is -0.634. The molecule has 1 amide bonds. The third-order valence-electron chi connectivity index (χ3n) is 4.95. The van der Waals surface area contributed by atoms with Crippen molar-refractivity contribution in [3.63, 3.8) is 0 Å². The molecule has 3 heterocycles. The molecule has 1 fully saturated rings. The number of carbonyl (C=O) groups excluding carboxylic acids is 1. The van der Waals surface area contributed by atoms with Crippen LogP contribution in [0.15, 0.2) is 18.2 Å². The summed E-state index contributed by atoms with van der Waals surface area (Å²) in [5.74, 6) is 1.15. The molecule has 25 heavy (non-hydrogen) atoms. The zero-order chi connectivity index (χ0) is 17.7. The first-order chi connectivity index (χ1) is 12.0. The van der Waals surface area contributed by atoms with Crippen molar-refractivity contribution in [1.29, 1.82) is 5.26 Å². The van der Waals surface area contributed by atoms with Crippen LogP contribution in [-0.4, -0.2) is 35.6 Å². The van der Waals surface area contributed by atoms with E-state index < -0.39 is 11.7 Å². The van der Waals surface area contributed by atoms with Gasteiger partial charge in [0.05, 0.1) is 23.2 Å². The van der Waals surface area contributed by atoms with Gasteiger partial charge in [-0.3, -0.25) is 9.48 Å². The van der Waals surface area contributed by atoms with Crippen molar-refractivity contribution in [1.82, 2.24) is 9.78 Å². The number of benzene rings is 1. The minimum absolute atomic E-state index is 0.0304. The maximum Gasteiger partial charge on any atom is 0.281 e. The number of ether oxygens (including phenoxy) is 1. The Morgan fingerprint density at radius 3 is 3.00 bits per heavy atom. The summed E-state index contributed by atoms with van der Waals surface area (Å²) >= 11 is 5.87. The van der Waals surface area contributed by atoms with Crippen LogP contribution in [0.1, 0.15) is 22.1 Å². The normalized spacial score (nSPS) is 21.6. The number of halogens is 2. The SMILES string of the molecule is N#CB1Cc2c(C(N)=O)c(-c3ccc(F)c(Cl)c3)nn2C2COCC12. The average molecular weight is 359 g/mol. The average Bonchev–Trinajstić information content (AvgIpc) is 3.20. The van der Waals surface area contributed by atoms with Crippen LogP contribution in [0.2, 0.25) is 10.8 Å². The van der Waals surface area contributed by atoms with Gasteiger partial charge in [0.15, 0.2) is 0 Å². The molecular weight excluding hydrogens is 345 g/mol. The van der Waals surface area contributed by atoms with Crippen LogP contribution >= 0.6 is 11.6 Å². The fourth-order valence-electron chi connectivity index (χ4n) is 3.74. The summed E-state index contributed by atoms with van der Waals surface area (Å²) in [5.41, 5.74) is 7.34. The topological polar surface area (TPSA) is 93.9 Å². The third kappa shape index (κ3) is 2.43. The maximum absolute atomic E-state index is 13.5. The molecule has 0 spiro atoms. The van der Waals surface area contributed by atoms with Crippen LogP contribution in [0.5, 0.6) is 0 Å². The number of fused-ring (bicyclic) bond motifs is 3. The summed E-state index contributed by atoms with van der Waals surface area (Å²) in [7, 11) is 0. The first-order valence-electron chi connectivity index (χ1n) is 7.85. The first-order valence-corrected chi connectivity index (χ1v) is 8.23. The third-order valence-corrected chi connectivity index (χ3v) is 5.24. The second-order valence-electron chi connectivity index (χ2n) is 6.32. The standard InChI is InChI=1S/C16H13BClFN4O2/c18-10-3-8(1-2-11(10)19)15-14(16(21)24)12-4-17(7-20)9-5-25-6-13(9)23(12)22-15/h1-3,9,13H,4-6H2,(H2,21,24). The highest BCUT2D eigenvalue weighted by Gasteiger charge is 2.46. The van der Waals surface area contributed by atoms with Crippen molar-refractivity contribution in [3.05, 3.63) is 40.3 Å². The monoisotopic (exact) mass is 358 g/mol. The smallest absolute Gasteiger partial charge is 0.281 e. The van der Waals surface area contributed by atoms with Gasteiger partial charge in [-0.25, -0.2) is 9.65 Å². The zero-order valence-corrected chi connectivity index (χ0v) is 13.8. The summed E-state index contributed by atoms with van der Waals surface area (Å²) in [5, 5.41) is 14.0. The van der Waals surface area contributed by atoms with E-state index in [0.717, 1.165) is 0 Å². The van der Waals surface area contributed by atoms with Gasteiger partial charge in [-0.2, -0.15) is 5.10 Å². The van der Waals surface area contributed by atoms with Crippen molar-refractivity contribution >= 4 is 24.2 Å². The van der Waals surface area contributed by atoms with E-state index in [2.05, 4.69) is 11.1 Å². The lowest BCUT2D eigenvalue weighted by Gasteiger charge is -2.27. The zero-order valence-electron chi connectivity index (χ0n) is 13.1. The lowest BCUT2D eigenvalue weighted by molar-refractivity contribution is 0.1000. The Labute approximate surface area is 148 Å². The number of aromatic nitrogens is 2. The summed E-state index contributed by atoms with van der Waals surface area (Å²) in [6.07, 6.45) is 0.376. The van der Waals surface area contributed by atoms with Crippen molar-refractivity contribution in [2.75, 3.05) is 13.2 Å². The molecule has 0 aliphatic carbocycles. The predicted octanol–water partition coefficient (Wildman–Crippen LogP) is 2.04. The van der Waals surface area contributed by atoms with E-state index in [1.807, 2.05) is 0 Å². The Bertz CT molecular complexity index is 926. The molecule has 2 aliphatic rings. The van der Waals surface area contributed by atoms with Crippen LogP contribution in [0.25, 0.3) is 11.3 Å². The summed E-state index contributed by atoms with van der Waals surface area (Å²) in [6, 6.07) is 4.03. The molecule has 1 aromatic carbocycles. The van der Waals surface area contributed by atoms with E-state index in [1.165, 1.54) is 18.2 Å². The van der Waals surface area contributed by atoms with Gasteiger partial charge >= 0.3 is 0 Å². The largest absolute Gasteiger partial charge is 0.380 e. The number of nitriles is 1. The van der Waals surface area contributed by atoms with Crippen LogP contribution in [0.3, 0.4) is 0 Å². The molecule has 6 nitrogen and oxygen atoms in total. The van der Waals surface area contributed by atoms with Gasteiger partial charge < -0.3 is 10.5 Å². The molecular formula is C16H13BClFN4O2. The number of hydrogen-bond donors (Lipinski definition) is 1. The molecule has 2 atom stereocenters. The summed E-state index contributed by atoms with van der Waals surface area (Å²) in [6.45, 7) is 0.657. The fourth-order valence-corrected chi connectivity index (χ4v) is 3.92. The Morgan fingerprint density at radius 1 is 1.52 bits per heavy atom. The number of nitrogens with two attached hydrogens (primary N) is 1. The van der Waals surface area contributed by atoms with E-state index in [-0.39, 0.29) is 29.2 Å². The van der Waals surface area contributed by atoms with Gasteiger partial charge in [0.25, 0.3) is 12.6 Å². The second-order valence-corrected chi connectivity index (χ2v) is 6.72. The van der Waals surface area contributed by atoms with Crippen LogP contribution in [0.4, 0.5) is 4.39 Å². The Morgan fingerprint density at radius 2 is 2.32 bits per heavy atom.